The summed E-state index contributed by atoms with van der Waals surface area (Å²) in [6.45, 7) is 1.22. The largest absolute Gasteiger partial charge is 0.493 e. The molecule has 1 saturated heterocycles. The van der Waals surface area contributed by atoms with Gasteiger partial charge in [-0.15, -0.1) is 0 Å². The van der Waals surface area contributed by atoms with Crippen LogP contribution in [0.5, 0.6) is 17.2 Å². The normalized spacial score (nSPS) is 14.0. The first kappa shape index (κ1) is 18.5. The van der Waals surface area contributed by atoms with Crippen molar-refractivity contribution in [2.75, 3.05) is 39.7 Å². The van der Waals surface area contributed by atoms with Gasteiger partial charge in [0.1, 0.15) is 0 Å². The van der Waals surface area contributed by atoms with E-state index in [0.717, 1.165) is 5.56 Å². The summed E-state index contributed by atoms with van der Waals surface area (Å²) in [5, 5.41) is 3.19. The van der Waals surface area contributed by atoms with Gasteiger partial charge in [-0.1, -0.05) is 0 Å². The average molecular weight is 370 g/mol. The van der Waals surface area contributed by atoms with E-state index in [9.17, 15) is 4.79 Å². The van der Waals surface area contributed by atoms with Crippen LogP contribution in [0.1, 0.15) is 5.56 Å². The fraction of sp³-hybridized carbons (Fsp3) is 0.316. The van der Waals surface area contributed by atoms with E-state index in [4.69, 9.17) is 14.2 Å². The van der Waals surface area contributed by atoms with Gasteiger partial charge >= 0.3 is 0 Å². The monoisotopic (exact) mass is 370 g/mol. The predicted molar refractivity (Wildman–Crippen MR) is 101 cm³/mol. The minimum absolute atomic E-state index is 0.0595. The molecule has 3 rings (SSSR count). The molecule has 1 aromatic carbocycles. The van der Waals surface area contributed by atoms with Crippen molar-refractivity contribution >= 4 is 17.9 Å². The zero-order valence-electron chi connectivity index (χ0n) is 15.5. The van der Waals surface area contributed by atoms with Crippen molar-refractivity contribution in [3.63, 3.8) is 0 Å². The molecule has 8 heteroatoms. The second-order valence-corrected chi connectivity index (χ2v) is 5.95. The van der Waals surface area contributed by atoms with Gasteiger partial charge in [0.05, 0.1) is 27.4 Å². The molecule has 0 radical (unpaired) electrons. The van der Waals surface area contributed by atoms with Gasteiger partial charge in [0.25, 0.3) is 0 Å². The highest BCUT2D eigenvalue weighted by atomic mass is 16.5. The van der Waals surface area contributed by atoms with E-state index in [1.807, 2.05) is 0 Å². The summed E-state index contributed by atoms with van der Waals surface area (Å²) in [6.07, 6.45) is 6.62. The zero-order chi connectivity index (χ0) is 19.2. The molecular formula is C19H22N4O4. The summed E-state index contributed by atoms with van der Waals surface area (Å²) in [5.41, 5.74) is 0.783. The minimum Gasteiger partial charge on any atom is -0.493 e. The van der Waals surface area contributed by atoms with Crippen LogP contribution in [0.2, 0.25) is 0 Å². The number of ether oxygens (including phenoxy) is 3. The summed E-state index contributed by atoms with van der Waals surface area (Å²) < 4.78 is 15.9. The Morgan fingerprint density at radius 2 is 1.74 bits per heavy atom. The fourth-order valence-electron chi connectivity index (χ4n) is 2.78. The van der Waals surface area contributed by atoms with Crippen molar-refractivity contribution in [1.29, 1.82) is 0 Å². The van der Waals surface area contributed by atoms with Crippen LogP contribution in [0, 0.1) is 0 Å². The van der Waals surface area contributed by atoms with Gasteiger partial charge in [0.2, 0.25) is 17.6 Å². The smallest absolute Gasteiger partial charge is 0.246 e. The van der Waals surface area contributed by atoms with Crippen LogP contribution in [0.25, 0.3) is 6.08 Å². The van der Waals surface area contributed by atoms with Crippen LogP contribution >= 0.6 is 0 Å². The quantitative estimate of drug-likeness (QED) is 0.744. The summed E-state index contributed by atoms with van der Waals surface area (Å²) in [7, 11) is 4.66. The molecule has 8 nitrogen and oxygen atoms in total. The van der Waals surface area contributed by atoms with Crippen molar-refractivity contribution in [2.24, 2.45) is 0 Å². The maximum absolute atomic E-state index is 12.3. The van der Waals surface area contributed by atoms with Crippen LogP contribution in [-0.4, -0.2) is 61.2 Å². The number of likely N-dealkylation sites (tertiary alicyclic amines) is 1. The maximum atomic E-state index is 12.3. The molecule has 0 spiro atoms. The van der Waals surface area contributed by atoms with Gasteiger partial charge < -0.3 is 24.4 Å². The molecule has 2 heterocycles. The second-order valence-electron chi connectivity index (χ2n) is 5.95. The van der Waals surface area contributed by atoms with Gasteiger partial charge in [-0.25, -0.2) is 9.97 Å². The van der Waals surface area contributed by atoms with Crippen molar-refractivity contribution in [3.05, 3.63) is 42.2 Å². The van der Waals surface area contributed by atoms with Gasteiger partial charge in [0.15, 0.2) is 11.5 Å². The van der Waals surface area contributed by atoms with E-state index in [1.54, 1.807) is 62.9 Å². The lowest BCUT2D eigenvalue weighted by Crippen LogP contribution is -2.56. The lowest BCUT2D eigenvalue weighted by Gasteiger charge is -2.38. The number of aromatic nitrogens is 2. The Morgan fingerprint density at radius 1 is 1.11 bits per heavy atom. The molecule has 0 saturated carbocycles. The summed E-state index contributed by atoms with van der Waals surface area (Å²) in [4.78, 5) is 22.3. The molecule has 0 atom stereocenters. The minimum atomic E-state index is -0.0595. The Bertz CT molecular complexity index is 795. The first-order valence-electron chi connectivity index (χ1n) is 8.45. The van der Waals surface area contributed by atoms with E-state index in [1.165, 1.54) is 6.08 Å². The van der Waals surface area contributed by atoms with Gasteiger partial charge in [-0.3, -0.25) is 4.79 Å². The number of nitrogens with zero attached hydrogens (tertiary/aromatic N) is 3. The van der Waals surface area contributed by atoms with Gasteiger partial charge in [-0.2, -0.15) is 0 Å². The molecule has 1 amide bonds. The Kier molecular flexibility index (Phi) is 5.75. The molecule has 142 valence electrons. The molecule has 0 aliphatic carbocycles. The molecule has 1 fully saturated rings. The van der Waals surface area contributed by atoms with Crippen LogP contribution in [-0.2, 0) is 4.79 Å². The third-order valence-electron chi connectivity index (χ3n) is 4.20. The van der Waals surface area contributed by atoms with Crippen molar-refractivity contribution < 1.29 is 19.0 Å². The Labute approximate surface area is 157 Å². The first-order valence-corrected chi connectivity index (χ1v) is 8.45. The maximum Gasteiger partial charge on any atom is 0.246 e. The molecule has 2 aromatic rings. The Balaban J connectivity index is 1.59. The van der Waals surface area contributed by atoms with Gasteiger partial charge in [-0.05, 0) is 29.8 Å². The highest BCUT2D eigenvalue weighted by Crippen LogP contribution is 2.38. The molecular weight excluding hydrogens is 348 g/mol. The van der Waals surface area contributed by atoms with Crippen LogP contribution in [0.4, 0.5) is 5.95 Å². The number of hydrogen-bond donors (Lipinski definition) is 1. The number of carbonyl (C=O) groups excluding carboxylic acids is 1. The number of anilines is 1. The SMILES string of the molecule is COc1cc(/C=C/C(=O)N2CC(Nc3ncccn3)C2)cc(OC)c1OC. The van der Waals surface area contributed by atoms with E-state index in [-0.39, 0.29) is 11.9 Å². The fourth-order valence-corrected chi connectivity index (χ4v) is 2.78. The highest BCUT2D eigenvalue weighted by Gasteiger charge is 2.29. The second kappa shape index (κ2) is 8.39. The Hall–Kier alpha value is -3.29. The standard InChI is InChI=1S/C19H22N4O4/c1-25-15-9-13(10-16(26-2)18(15)27-3)5-6-17(24)23-11-14(12-23)22-19-20-7-4-8-21-19/h4-10,14H,11-12H2,1-3H3,(H,20,21,22)/b6-5+. The van der Waals surface area contributed by atoms with E-state index < -0.39 is 0 Å². The summed E-state index contributed by atoms with van der Waals surface area (Å²) in [6, 6.07) is 5.50. The number of carbonyl (C=O) groups is 1. The molecule has 1 aliphatic heterocycles. The highest BCUT2D eigenvalue weighted by molar-refractivity contribution is 5.92. The number of hydrogen-bond acceptors (Lipinski definition) is 7. The van der Waals surface area contributed by atoms with Crippen LogP contribution in [0.15, 0.2) is 36.7 Å². The summed E-state index contributed by atoms with van der Waals surface area (Å²) >= 11 is 0. The lowest BCUT2D eigenvalue weighted by molar-refractivity contribution is -0.129. The predicted octanol–water partition coefficient (Wildman–Crippen LogP) is 1.84. The number of benzene rings is 1. The van der Waals surface area contributed by atoms with Crippen LogP contribution in [0.3, 0.4) is 0 Å². The van der Waals surface area contributed by atoms with Crippen molar-refractivity contribution in [3.8, 4) is 17.2 Å². The molecule has 27 heavy (non-hydrogen) atoms. The molecule has 1 aromatic heterocycles. The summed E-state index contributed by atoms with van der Waals surface area (Å²) in [5.74, 6) is 2.11. The molecule has 1 aliphatic rings. The molecule has 0 unspecified atom stereocenters. The lowest BCUT2D eigenvalue weighted by atomic mass is 10.1. The number of nitrogens with one attached hydrogen (secondary N) is 1. The van der Waals surface area contributed by atoms with Crippen LogP contribution < -0.4 is 19.5 Å². The molecule has 0 bridgehead atoms. The van der Waals surface area contributed by atoms with E-state index in [0.29, 0.717) is 36.3 Å². The Morgan fingerprint density at radius 3 is 2.30 bits per heavy atom. The number of rotatable bonds is 7. The number of methoxy groups -OCH3 is 3. The number of amides is 1. The van der Waals surface area contributed by atoms with Gasteiger partial charge in [0, 0.05) is 31.6 Å². The third kappa shape index (κ3) is 4.28. The van der Waals surface area contributed by atoms with Crippen molar-refractivity contribution in [2.45, 2.75) is 6.04 Å². The first-order chi connectivity index (χ1) is 13.1. The zero-order valence-corrected chi connectivity index (χ0v) is 15.5. The van der Waals surface area contributed by atoms with E-state index >= 15 is 0 Å². The van der Waals surface area contributed by atoms with Crippen molar-refractivity contribution in [1.82, 2.24) is 14.9 Å². The third-order valence-corrected chi connectivity index (χ3v) is 4.20. The molecule has 1 N–H and O–H groups in total. The van der Waals surface area contributed by atoms with E-state index in [2.05, 4.69) is 15.3 Å². The topological polar surface area (TPSA) is 85.8 Å². The average Bonchev–Trinajstić information content (AvgIpc) is 2.68.